The fraction of sp³-hybridized carbons (Fsp3) is 0.667. The van der Waals surface area contributed by atoms with Gasteiger partial charge in [0.25, 0.3) is 0 Å². The number of nitrogens with one attached hydrogen (secondary N) is 1. The van der Waals surface area contributed by atoms with Crippen LogP contribution in [0, 0.1) is 12.8 Å². The highest BCUT2D eigenvalue weighted by Gasteiger charge is 2.17. The summed E-state index contributed by atoms with van der Waals surface area (Å²) < 4.78 is 0. The number of hydrogen-bond acceptors (Lipinski definition) is 3. The van der Waals surface area contributed by atoms with E-state index in [4.69, 9.17) is 5.11 Å². The minimum atomic E-state index is -0.0648. The van der Waals surface area contributed by atoms with E-state index in [-0.39, 0.29) is 23.8 Å². The third kappa shape index (κ3) is 11.1. The van der Waals surface area contributed by atoms with Gasteiger partial charge in [-0.3, -0.25) is 9.59 Å². The number of carbonyl (C=O) groups excluding carboxylic acids is 2. The zero-order chi connectivity index (χ0) is 17.5. The van der Waals surface area contributed by atoms with E-state index in [1.807, 2.05) is 26.8 Å². The van der Waals surface area contributed by atoms with E-state index in [2.05, 4.69) is 18.2 Å². The molecule has 1 amide bonds. The van der Waals surface area contributed by atoms with Crippen LogP contribution in [-0.4, -0.2) is 28.9 Å². The lowest BCUT2D eigenvalue weighted by atomic mass is 9.92. The molecule has 4 nitrogen and oxygen atoms in total. The van der Waals surface area contributed by atoms with Gasteiger partial charge in [0, 0.05) is 19.4 Å². The summed E-state index contributed by atoms with van der Waals surface area (Å²) >= 11 is 0. The molecule has 0 aliphatic heterocycles. The summed E-state index contributed by atoms with van der Waals surface area (Å²) in [6.45, 7) is 7.36. The number of carbonyl (C=O) groups is 2. The number of ketones is 1. The molecule has 22 heavy (non-hydrogen) atoms. The van der Waals surface area contributed by atoms with Crippen LogP contribution < -0.4 is 5.32 Å². The van der Waals surface area contributed by atoms with Gasteiger partial charge in [-0.25, -0.2) is 0 Å². The molecule has 1 aliphatic carbocycles. The molecule has 0 bridgehead atoms. The maximum absolute atomic E-state index is 11.3. The number of aliphatic hydroxyl groups excluding tert-OH is 1. The van der Waals surface area contributed by atoms with Crippen molar-refractivity contribution in [1.29, 1.82) is 0 Å². The van der Waals surface area contributed by atoms with Crippen LogP contribution in [0.2, 0.25) is 0 Å². The molecular formula is C18H31NO3. The van der Waals surface area contributed by atoms with Crippen LogP contribution in [-0.2, 0) is 9.59 Å². The van der Waals surface area contributed by atoms with Crippen LogP contribution in [0.25, 0.3) is 0 Å². The number of terminal acetylenes is 1. The van der Waals surface area contributed by atoms with Gasteiger partial charge in [-0.05, 0) is 37.7 Å². The molecule has 0 heterocycles. The van der Waals surface area contributed by atoms with Crippen molar-refractivity contribution in [3.63, 3.8) is 0 Å². The van der Waals surface area contributed by atoms with E-state index in [9.17, 15) is 9.59 Å². The van der Waals surface area contributed by atoms with Crippen molar-refractivity contribution in [3.8, 4) is 12.8 Å². The summed E-state index contributed by atoms with van der Waals surface area (Å²) in [5.41, 5.74) is 0.939. The molecule has 0 fully saturated rings. The second kappa shape index (κ2) is 14.3. The lowest BCUT2D eigenvalue weighted by Gasteiger charge is -2.21. The Hall–Kier alpha value is -1.60. The number of Topliss-reactive ketones (excluding diaryl/α,β-unsaturated/α-hetero) is 1. The van der Waals surface area contributed by atoms with E-state index in [0.29, 0.717) is 6.42 Å². The normalized spacial score (nSPS) is 16.4. The van der Waals surface area contributed by atoms with Crippen molar-refractivity contribution in [2.24, 2.45) is 0 Å². The Labute approximate surface area is 135 Å². The number of allylic oxidation sites excluding steroid dienone is 1. The van der Waals surface area contributed by atoms with Crippen molar-refractivity contribution in [3.05, 3.63) is 11.6 Å². The molecule has 1 atom stereocenters. The molecule has 0 aromatic carbocycles. The zero-order valence-corrected chi connectivity index (χ0v) is 14.4. The van der Waals surface area contributed by atoms with Gasteiger partial charge in [-0.2, -0.15) is 0 Å². The fourth-order valence-corrected chi connectivity index (χ4v) is 2.02. The third-order valence-electron chi connectivity index (χ3n) is 3.44. The SMILES string of the molecule is C#C.CCC(=O)C1=CC[C@H](NC(C)=O)CC1.CCC(O)CC. The van der Waals surface area contributed by atoms with E-state index in [1.165, 1.54) is 6.92 Å². The first-order valence-electron chi connectivity index (χ1n) is 7.95. The van der Waals surface area contributed by atoms with Gasteiger partial charge in [-0.1, -0.05) is 26.8 Å². The van der Waals surface area contributed by atoms with Crippen molar-refractivity contribution in [1.82, 2.24) is 5.32 Å². The molecule has 126 valence electrons. The Morgan fingerprint density at radius 2 is 1.86 bits per heavy atom. The monoisotopic (exact) mass is 309 g/mol. The Balaban J connectivity index is 0. The first kappa shape index (κ1) is 22.7. The predicted octanol–water partition coefficient (Wildman–Crippen LogP) is 3.00. The minimum absolute atomic E-state index is 0.00803. The molecule has 0 saturated carbocycles. The average Bonchev–Trinajstić information content (AvgIpc) is 2.56. The average molecular weight is 309 g/mol. The molecule has 0 radical (unpaired) electrons. The molecule has 0 spiro atoms. The largest absolute Gasteiger partial charge is 0.393 e. The smallest absolute Gasteiger partial charge is 0.217 e. The van der Waals surface area contributed by atoms with Gasteiger partial charge in [0.05, 0.1) is 6.10 Å². The zero-order valence-electron chi connectivity index (χ0n) is 14.4. The molecule has 0 saturated heterocycles. The van der Waals surface area contributed by atoms with Crippen molar-refractivity contribution < 1.29 is 14.7 Å². The Bertz CT molecular complexity index is 368. The molecule has 0 aromatic rings. The maximum atomic E-state index is 11.3. The number of rotatable bonds is 5. The molecule has 4 heteroatoms. The Kier molecular flexibility index (Phi) is 14.8. The van der Waals surface area contributed by atoms with E-state index >= 15 is 0 Å². The van der Waals surface area contributed by atoms with Crippen LogP contribution in [0.1, 0.15) is 66.2 Å². The highest BCUT2D eigenvalue weighted by Crippen LogP contribution is 2.19. The quantitative estimate of drug-likeness (QED) is 0.767. The highest BCUT2D eigenvalue weighted by molar-refractivity contribution is 5.95. The molecule has 2 N–H and O–H groups in total. The van der Waals surface area contributed by atoms with Gasteiger partial charge >= 0.3 is 0 Å². The Morgan fingerprint density at radius 3 is 2.14 bits per heavy atom. The molecule has 1 aliphatic rings. The lowest BCUT2D eigenvalue weighted by Crippen LogP contribution is -2.34. The fourth-order valence-electron chi connectivity index (χ4n) is 2.02. The minimum Gasteiger partial charge on any atom is -0.393 e. The van der Waals surface area contributed by atoms with E-state index in [1.54, 1.807) is 0 Å². The van der Waals surface area contributed by atoms with Crippen molar-refractivity contribution in [2.75, 3.05) is 0 Å². The van der Waals surface area contributed by atoms with Crippen LogP contribution in [0.3, 0.4) is 0 Å². The number of hydrogen-bond donors (Lipinski definition) is 2. The van der Waals surface area contributed by atoms with Gasteiger partial charge in [0.1, 0.15) is 0 Å². The van der Waals surface area contributed by atoms with Crippen LogP contribution in [0.15, 0.2) is 11.6 Å². The van der Waals surface area contributed by atoms with Gasteiger partial charge in [0.15, 0.2) is 5.78 Å². The molecule has 0 aromatic heterocycles. The number of amides is 1. The first-order valence-corrected chi connectivity index (χ1v) is 7.95. The van der Waals surface area contributed by atoms with Crippen molar-refractivity contribution in [2.45, 2.75) is 78.4 Å². The summed E-state index contributed by atoms with van der Waals surface area (Å²) in [7, 11) is 0. The van der Waals surface area contributed by atoms with E-state index in [0.717, 1.165) is 37.7 Å². The van der Waals surface area contributed by atoms with Gasteiger partial charge in [0.2, 0.25) is 5.91 Å². The predicted molar refractivity (Wildman–Crippen MR) is 91.3 cm³/mol. The second-order valence-electron chi connectivity index (χ2n) is 5.15. The summed E-state index contributed by atoms with van der Waals surface area (Å²) in [6, 6.07) is 0.223. The third-order valence-corrected chi connectivity index (χ3v) is 3.44. The Morgan fingerprint density at radius 1 is 1.32 bits per heavy atom. The van der Waals surface area contributed by atoms with E-state index < -0.39 is 0 Å². The van der Waals surface area contributed by atoms with Gasteiger partial charge in [-0.15, -0.1) is 12.8 Å². The summed E-state index contributed by atoms with van der Waals surface area (Å²) in [5, 5.41) is 11.5. The van der Waals surface area contributed by atoms with Gasteiger partial charge < -0.3 is 10.4 Å². The molecule has 1 rings (SSSR count). The molecular weight excluding hydrogens is 278 g/mol. The first-order chi connectivity index (χ1) is 10.4. The topological polar surface area (TPSA) is 66.4 Å². The number of aliphatic hydroxyl groups is 1. The maximum Gasteiger partial charge on any atom is 0.217 e. The lowest BCUT2D eigenvalue weighted by molar-refractivity contribution is -0.119. The standard InChI is InChI=1S/C11H17NO2.C5H12O.C2H2/c1-3-11(14)9-4-6-10(7-5-9)12-8(2)13;1-3-5(6)4-2;1-2/h4,10H,3,5-7H2,1-2H3,(H,12,13);5-6H,3-4H2,1-2H3;1-2H/t10-;;/m0../s1. The highest BCUT2D eigenvalue weighted by atomic mass is 16.3. The summed E-state index contributed by atoms with van der Waals surface area (Å²) in [5.74, 6) is 0.250. The summed E-state index contributed by atoms with van der Waals surface area (Å²) in [4.78, 5) is 22.1. The van der Waals surface area contributed by atoms with Crippen LogP contribution in [0.5, 0.6) is 0 Å². The van der Waals surface area contributed by atoms with Crippen LogP contribution >= 0.6 is 0 Å². The van der Waals surface area contributed by atoms with Crippen molar-refractivity contribution >= 4 is 11.7 Å². The molecule has 0 unspecified atom stereocenters. The summed E-state index contributed by atoms with van der Waals surface area (Å²) in [6.07, 6.45) is 14.7. The van der Waals surface area contributed by atoms with Crippen LogP contribution in [0.4, 0.5) is 0 Å². The second-order valence-corrected chi connectivity index (χ2v) is 5.15.